The maximum absolute atomic E-state index is 5.42. The summed E-state index contributed by atoms with van der Waals surface area (Å²) in [6.07, 6.45) is 1.97. The van der Waals surface area contributed by atoms with Crippen LogP contribution in [0.2, 0.25) is 0 Å². The maximum atomic E-state index is 5.42. The van der Waals surface area contributed by atoms with E-state index < -0.39 is 0 Å². The van der Waals surface area contributed by atoms with Crippen LogP contribution in [0.1, 0.15) is 17.8 Å². The lowest BCUT2D eigenvalue weighted by atomic mass is 10.2. The molecule has 0 radical (unpaired) electrons. The van der Waals surface area contributed by atoms with Gasteiger partial charge in [0.1, 0.15) is 11.3 Å². The highest BCUT2D eigenvalue weighted by molar-refractivity contribution is 5.87. The average molecular weight is 263 g/mol. The van der Waals surface area contributed by atoms with Gasteiger partial charge < -0.3 is 19.8 Å². The molecule has 0 saturated carbocycles. The number of nitrogens with one attached hydrogen (secondary N) is 2. The molecular formula is C14H21N3O2. The van der Waals surface area contributed by atoms with Gasteiger partial charge in [-0.1, -0.05) is 0 Å². The Labute approximate surface area is 113 Å². The van der Waals surface area contributed by atoms with Gasteiger partial charge in [-0.05, 0) is 38.6 Å². The van der Waals surface area contributed by atoms with Gasteiger partial charge in [-0.2, -0.15) is 0 Å². The van der Waals surface area contributed by atoms with Crippen molar-refractivity contribution in [1.29, 1.82) is 0 Å². The van der Waals surface area contributed by atoms with Crippen molar-refractivity contribution < 1.29 is 9.47 Å². The van der Waals surface area contributed by atoms with Gasteiger partial charge in [0.25, 0.3) is 0 Å². The molecule has 2 N–H and O–H groups in total. The van der Waals surface area contributed by atoms with Gasteiger partial charge in [0.05, 0.1) is 19.7 Å². The van der Waals surface area contributed by atoms with Crippen molar-refractivity contribution in [3.8, 4) is 11.5 Å². The van der Waals surface area contributed by atoms with Crippen molar-refractivity contribution in [2.24, 2.45) is 0 Å². The van der Waals surface area contributed by atoms with E-state index in [1.165, 1.54) is 0 Å². The predicted octanol–water partition coefficient (Wildman–Crippen LogP) is 2.04. The number of hydrogen-bond acceptors (Lipinski definition) is 4. The molecule has 2 aromatic rings. The Bertz CT molecular complexity index is 563. The molecule has 1 aromatic heterocycles. The molecule has 0 unspecified atom stereocenters. The first-order valence-corrected chi connectivity index (χ1v) is 6.46. The molecule has 5 nitrogen and oxygen atoms in total. The molecule has 0 aliphatic carbocycles. The molecule has 0 amide bonds. The predicted molar refractivity (Wildman–Crippen MR) is 76.2 cm³/mol. The Morgan fingerprint density at radius 2 is 2.11 bits per heavy atom. The third-order valence-corrected chi connectivity index (χ3v) is 3.20. The second kappa shape index (κ2) is 5.93. The quantitative estimate of drug-likeness (QED) is 0.783. The molecule has 0 atom stereocenters. The van der Waals surface area contributed by atoms with E-state index in [0.29, 0.717) is 5.75 Å². The highest BCUT2D eigenvalue weighted by atomic mass is 16.5. The van der Waals surface area contributed by atoms with Crippen LogP contribution in [0.3, 0.4) is 0 Å². The number of fused-ring (bicyclic) bond motifs is 1. The third-order valence-electron chi connectivity index (χ3n) is 3.20. The number of aromatic nitrogens is 2. The summed E-state index contributed by atoms with van der Waals surface area (Å²) in [5, 5.41) is 3.14. The molecule has 0 fully saturated rings. The van der Waals surface area contributed by atoms with Gasteiger partial charge >= 0.3 is 0 Å². The van der Waals surface area contributed by atoms with Crippen molar-refractivity contribution >= 4 is 11.0 Å². The second-order valence-corrected chi connectivity index (χ2v) is 4.54. The van der Waals surface area contributed by atoms with E-state index in [1.54, 1.807) is 14.2 Å². The highest BCUT2D eigenvalue weighted by Gasteiger charge is 2.15. The molecule has 1 aromatic carbocycles. The number of nitrogens with zero attached hydrogens (tertiary/aromatic N) is 1. The van der Waals surface area contributed by atoms with E-state index in [0.717, 1.165) is 47.6 Å². The Morgan fingerprint density at radius 1 is 1.32 bits per heavy atom. The zero-order chi connectivity index (χ0) is 13.8. The highest BCUT2D eigenvalue weighted by Crippen LogP contribution is 2.36. The minimum Gasteiger partial charge on any atom is -0.493 e. The maximum Gasteiger partial charge on any atom is 0.188 e. The van der Waals surface area contributed by atoms with Crippen molar-refractivity contribution in [2.45, 2.75) is 19.8 Å². The molecule has 0 bridgehead atoms. The van der Waals surface area contributed by atoms with Crippen LogP contribution >= 0.6 is 0 Å². The topological polar surface area (TPSA) is 59.2 Å². The van der Waals surface area contributed by atoms with Crippen LogP contribution in [0, 0.1) is 6.92 Å². The Morgan fingerprint density at radius 3 is 2.74 bits per heavy atom. The fraction of sp³-hybridized carbons (Fsp3) is 0.500. The van der Waals surface area contributed by atoms with E-state index >= 15 is 0 Å². The molecule has 2 rings (SSSR count). The number of ether oxygens (including phenoxy) is 2. The van der Waals surface area contributed by atoms with Gasteiger partial charge in [-0.15, -0.1) is 0 Å². The van der Waals surface area contributed by atoms with Gasteiger partial charge in [-0.25, -0.2) is 4.98 Å². The molecule has 19 heavy (non-hydrogen) atoms. The monoisotopic (exact) mass is 263 g/mol. The number of hydrogen-bond donors (Lipinski definition) is 2. The van der Waals surface area contributed by atoms with E-state index in [2.05, 4.69) is 15.3 Å². The van der Waals surface area contributed by atoms with Crippen LogP contribution in [0.4, 0.5) is 0 Å². The fourth-order valence-corrected chi connectivity index (χ4v) is 2.22. The van der Waals surface area contributed by atoms with Gasteiger partial charge in [0.15, 0.2) is 11.5 Å². The fourth-order valence-electron chi connectivity index (χ4n) is 2.22. The normalized spacial score (nSPS) is 10.9. The zero-order valence-electron chi connectivity index (χ0n) is 12.0. The Kier molecular flexibility index (Phi) is 4.27. The number of aromatic amines is 1. The molecular weight excluding hydrogens is 242 g/mol. The minimum absolute atomic E-state index is 0.694. The lowest BCUT2D eigenvalue weighted by molar-refractivity contribution is 0.358. The van der Waals surface area contributed by atoms with Gasteiger partial charge in [0.2, 0.25) is 0 Å². The van der Waals surface area contributed by atoms with Crippen LogP contribution in [0.5, 0.6) is 11.5 Å². The molecule has 0 spiro atoms. The Balaban J connectivity index is 2.42. The summed E-state index contributed by atoms with van der Waals surface area (Å²) in [6.45, 7) is 3.02. The molecule has 1 heterocycles. The number of rotatable bonds is 6. The first kappa shape index (κ1) is 13.7. The summed E-state index contributed by atoms with van der Waals surface area (Å²) in [4.78, 5) is 8.01. The number of benzene rings is 1. The molecule has 0 saturated heterocycles. The number of methoxy groups -OCH3 is 2. The average Bonchev–Trinajstić information content (AvgIpc) is 2.83. The summed E-state index contributed by atoms with van der Waals surface area (Å²) in [7, 11) is 5.24. The lowest BCUT2D eigenvalue weighted by Gasteiger charge is -2.08. The standard InChI is InChI=1S/C14H21N3O2/c1-9-8-10(18-3)14(19-4)13-12(9)16-11(17-13)6-5-7-15-2/h8,15H,5-7H2,1-4H3,(H,16,17). The molecule has 0 aliphatic heterocycles. The van der Waals surface area contributed by atoms with Crippen LogP contribution < -0.4 is 14.8 Å². The number of H-pyrrole nitrogens is 1. The lowest BCUT2D eigenvalue weighted by Crippen LogP contribution is -2.08. The SMILES string of the molecule is CNCCCc1nc2c(OC)c(OC)cc(C)c2[nH]1. The number of imidazole rings is 1. The Hall–Kier alpha value is -1.75. The summed E-state index contributed by atoms with van der Waals surface area (Å²) in [5.41, 5.74) is 2.98. The van der Waals surface area contributed by atoms with Gasteiger partial charge in [-0.3, -0.25) is 0 Å². The van der Waals surface area contributed by atoms with Crippen molar-refractivity contribution in [2.75, 3.05) is 27.8 Å². The summed E-state index contributed by atoms with van der Waals surface area (Å²) in [6, 6.07) is 1.97. The smallest absolute Gasteiger partial charge is 0.188 e. The van der Waals surface area contributed by atoms with Gasteiger partial charge in [0, 0.05) is 6.42 Å². The zero-order valence-corrected chi connectivity index (χ0v) is 12.0. The summed E-state index contributed by atoms with van der Waals surface area (Å²) < 4.78 is 10.8. The van der Waals surface area contributed by atoms with Crippen LogP contribution in [0.15, 0.2) is 6.07 Å². The summed E-state index contributed by atoms with van der Waals surface area (Å²) in [5.74, 6) is 2.40. The minimum atomic E-state index is 0.694. The number of aryl methyl sites for hydroxylation is 2. The molecule has 0 aliphatic rings. The van der Waals surface area contributed by atoms with E-state index in [4.69, 9.17) is 9.47 Å². The van der Waals surface area contributed by atoms with Crippen molar-refractivity contribution in [1.82, 2.24) is 15.3 Å². The van der Waals surface area contributed by atoms with E-state index in [1.807, 2.05) is 20.0 Å². The summed E-state index contributed by atoms with van der Waals surface area (Å²) >= 11 is 0. The van der Waals surface area contributed by atoms with Crippen LogP contribution in [0.25, 0.3) is 11.0 Å². The van der Waals surface area contributed by atoms with E-state index in [-0.39, 0.29) is 0 Å². The van der Waals surface area contributed by atoms with Crippen molar-refractivity contribution in [3.05, 3.63) is 17.5 Å². The van der Waals surface area contributed by atoms with Crippen LogP contribution in [-0.2, 0) is 6.42 Å². The largest absolute Gasteiger partial charge is 0.493 e. The first-order chi connectivity index (χ1) is 9.21. The molecule has 104 valence electrons. The van der Waals surface area contributed by atoms with Crippen molar-refractivity contribution in [3.63, 3.8) is 0 Å². The second-order valence-electron chi connectivity index (χ2n) is 4.54. The van der Waals surface area contributed by atoms with E-state index in [9.17, 15) is 0 Å². The first-order valence-electron chi connectivity index (χ1n) is 6.46. The van der Waals surface area contributed by atoms with Crippen LogP contribution in [-0.4, -0.2) is 37.8 Å². The third kappa shape index (κ3) is 2.66. The molecule has 5 heteroatoms.